The molecule has 0 unspecified atom stereocenters. The maximum absolute atomic E-state index is 14.9. The van der Waals surface area contributed by atoms with Crippen LogP contribution in [0.3, 0.4) is 0 Å². The van der Waals surface area contributed by atoms with E-state index >= 15 is 0 Å². The summed E-state index contributed by atoms with van der Waals surface area (Å²) in [4.78, 5) is 43.3. The summed E-state index contributed by atoms with van der Waals surface area (Å²) in [7, 11) is 0. The van der Waals surface area contributed by atoms with Crippen molar-refractivity contribution in [3.8, 4) is 0 Å². The molecule has 1 aliphatic heterocycles. The second-order valence-electron chi connectivity index (χ2n) is 11.2. The normalized spacial score (nSPS) is 14.8. The molecular weight excluding hydrogens is 606 g/mol. The topological polar surface area (TPSA) is 114 Å². The first-order chi connectivity index (χ1) is 21.9. The Bertz CT molecular complexity index is 1850. The van der Waals surface area contributed by atoms with E-state index in [9.17, 15) is 37.1 Å². The number of anilines is 1. The summed E-state index contributed by atoms with van der Waals surface area (Å²) in [5.74, 6) is -2.17. The summed E-state index contributed by atoms with van der Waals surface area (Å²) in [5, 5.41) is 9.55. The highest BCUT2D eigenvalue weighted by Gasteiger charge is 2.35. The molecule has 0 amide bonds. The van der Waals surface area contributed by atoms with Gasteiger partial charge in [-0.3, -0.25) is 18.8 Å². The third-order valence-electron chi connectivity index (χ3n) is 8.33. The summed E-state index contributed by atoms with van der Waals surface area (Å²) in [6.45, 7) is 2.28. The summed E-state index contributed by atoms with van der Waals surface area (Å²) in [6, 6.07) is 17.3. The second-order valence-corrected chi connectivity index (χ2v) is 11.2. The van der Waals surface area contributed by atoms with Gasteiger partial charge >= 0.3 is 17.8 Å². The van der Waals surface area contributed by atoms with Crippen molar-refractivity contribution in [1.82, 2.24) is 14.0 Å². The zero-order valence-electron chi connectivity index (χ0n) is 25.0. The van der Waals surface area contributed by atoms with Crippen LogP contribution >= 0.6 is 0 Å². The molecule has 13 heteroatoms. The Morgan fingerprint density at radius 3 is 2.20 bits per heavy atom. The monoisotopic (exact) mass is 639 g/mol. The first-order valence-electron chi connectivity index (χ1n) is 14.6. The number of carbonyl (C=O) groups is 1. The minimum atomic E-state index is -4.88. The van der Waals surface area contributed by atoms with E-state index < -0.39 is 52.9 Å². The van der Waals surface area contributed by atoms with E-state index in [1.165, 1.54) is 13.0 Å². The Balaban J connectivity index is 1.53. The average molecular weight is 640 g/mol. The molecule has 3 aromatic carbocycles. The van der Waals surface area contributed by atoms with Gasteiger partial charge in [0.25, 0.3) is 5.56 Å². The third-order valence-corrected chi connectivity index (χ3v) is 8.33. The largest absolute Gasteiger partial charge is 0.478 e. The minimum Gasteiger partial charge on any atom is -0.478 e. The molecule has 9 nitrogen and oxygen atoms in total. The molecule has 1 aliphatic rings. The van der Waals surface area contributed by atoms with Crippen LogP contribution in [0.5, 0.6) is 0 Å². The number of aromatic nitrogens is 2. The van der Waals surface area contributed by atoms with Gasteiger partial charge in [-0.1, -0.05) is 54.6 Å². The van der Waals surface area contributed by atoms with Crippen molar-refractivity contribution in [3.63, 3.8) is 0 Å². The fourth-order valence-corrected chi connectivity index (χ4v) is 5.88. The van der Waals surface area contributed by atoms with E-state index in [1.54, 1.807) is 53.4 Å². The van der Waals surface area contributed by atoms with Gasteiger partial charge in [0.05, 0.1) is 24.2 Å². The zero-order chi connectivity index (χ0) is 33.2. The Kier molecular flexibility index (Phi) is 9.44. The fraction of sp³-hybridized carbons (Fsp3) is 0.303. The first-order valence-corrected chi connectivity index (χ1v) is 14.6. The smallest absolute Gasteiger partial charge is 0.416 e. The van der Waals surface area contributed by atoms with Crippen molar-refractivity contribution in [3.05, 3.63) is 133 Å². The molecule has 46 heavy (non-hydrogen) atoms. The molecule has 5 rings (SSSR count). The Morgan fingerprint density at radius 2 is 1.54 bits per heavy atom. The van der Waals surface area contributed by atoms with Gasteiger partial charge in [-0.2, -0.15) is 13.2 Å². The highest BCUT2D eigenvalue weighted by molar-refractivity contribution is 5.89. The number of nitrogens with zero attached hydrogens (tertiary/aromatic N) is 4. The Hall–Kier alpha value is -4.75. The van der Waals surface area contributed by atoms with Crippen molar-refractivity contribution in [2.24, 2.45) is 5.73 Å². The molecule has 0 radical (unpaired) electrons. The van der Waals surface area contributed by atoms with E-state index in [0.29, 0.717) is 43.9 Å². The van der Waals surface area contributed by atoms with Crippen molar-refractivity contribution in [2.75, 3.05) is 31.1 Å². The average Bonchev–Trinajstić information content (AvgIpc) is 3.03. The van der Waals surface area contributed by atoms with Gasteiger partial charge in [-0.05, 0) is 36.2 Å². The van der Waals surface area contributed by atoms with E-state index in [2.05, 4.69) is 0 Å². The van der Waals surface area contributed by atoms with Crippen LogP contribution in [0, 0.1) is 12.7 Å². The minimum absolute atomic E-state index is 0.0978. The molecule has 0 aliphatic carbocycles. The molecule has 1 aromatic heterocycles. The number of hydrogen-bond acceptors (Lipinski definition) is 6. The third kappa shape index (κ3) is 6.75. The second kappa shape index (κ2) is 13.3. The Morgan fingerprint density at radius 1 is 0.891 bits per heavy atom. The van der Waals surface area contributed by atoms with Crippen LogP contribution in [0.15, 0.2) is 82.4 Å². The Labute approximate surface area is 261 Å². The molecule has 1 atom stereocenters. The number of piperazine rings is 1. The van der Waals surface area contributed by atoms with Crippen molar-refractivity contribution in [2.45, 2.75) is 38.8 Å². The lowest BCUT2D eigenvalue weighted by molar-refractivity contribution is -0.138. The first kappa shape index (κ1) is 32.6. The van der Waals surface area contributed by atoms with Gasteiger partial charge in [0, 0.05) is 50.0 Å². The molecule has 0 saturated carbocycles. The number of nitrogens with two attached hydrogens (primary N) is 1. The number of halogens is 4. The molecule has 0 spiro atoms. The highest BCUT2D eigenvalue weighted by atomic mass is 19.4. The van der Waals surface area contributed by atoms with E-state index in [1.807, 2.05) is 4.90 Å². The quantitative estimate of drug-likeness (QED) is 0.264. The lowest BCUT2D eigenvalue weighted by atomic mass is 10.1. The summed E-state index contributed by atoms with van der Waals surface area (Å²) >= 11 is 0. The SMILES string of the molecule is Cc1c(N2CCN(Cc3ccccc3C(=O)O)CC2)c(=O)n(C[C@@H](N)c2ccccc2)c(=O)n1Cc1c(F)cccc1C(F)(F)F. The van der Waals surface area contributed by atoms with Gasteiger partial charge in [0.15, 0.2) is 0 Å². The molecular formula is C33H33F4N5O4. The van der Waals surface area contributed by atoms with E-state index in [4.69, 9.17) is 5.73 Å². The molecule has 0 bridgehead atoms. The van der Waals surface area contributed by atoms with Crippen LogP contribution in [0.2, 0.25) is 0 Å². The predicted octanol–water partition coefficient (Wildman–Crippen LogP) is 4.25. The lowest BCUT2D eigenvalue weighted by Gasteiger charge is -2.37. The number of alkyl halides is 3. The molecule has 1 saturated heterocycles. The molecule has 4 aromatic rings. The number of benzene rings is 3. The van der Waals surface area contributed by atoms with E-state index in [-0.39, 0.29) is 23.5 Å². The van der Waals surface area contributed by atoms with Gasteiger partial charge in [-0.15, -0.1) is 0 Å². The van der Waals surface area contributed by atoms with Crippen LogP contribution in [0.25, 0.3) is 0 Å². The van der Waals surface area contributed by atoms with Crippen LogP contribution in [-0.4, -0.2) is 51.3 Å². The lowest BCUT2D eigenvalue weighted by Crippen LogP contribution is -2.51. The zero-order valence-corrected chi connectivity index (χ0v) is 25.0. The maximum atomic E-state index is 14.9. The molecule has 3 N–H and O–H groups in total. The number of carboxylic acid groups (broad SMARTS) is 1. The van der Waals surface area contributed by atoms with E-state index in [0.717, 1.165) is 27.3 Å². The highest BCUT2D eigenvalue weighted by Crippen LogP contribution is 2.33. The standard InChI is InChI=1S/C33H33F4N5O4/c1-21-29(40-16-14-39(15-17-40)18-23-10-5-6-11-24(23)31(44)45)30(43)42(20-28(38)22-8-3-2-4-9-22)32(46)41(21)19-25-26(33(35,36)37)12-7-13-27(25)34/h2-13,28H,14-20,38H2,1H3,(H,44,45)/t28-/m1/s1. The maximum Gasteiger partial charge on any atom is 0.416 e. The van der Waals surface area contributed by atoms with Gasteiger partial charge in [0.2, 0.25) is 0 Å². The van der Waals surface area contributed by atoms with Crippen LogP contribution in [0.1, 0.15) is 44.3 Å². The number of carboxylic acids is 1. The van der Waals surface area contributed by atoms with Crippen molar-refractivity contribution >= 4 is 11.7 Å². The van der Waals surface area contributed by atoms with Crippen LogP contribution in [0.4, 0.5) is 23.2 Å². The van der Waals surface area contributed by atoms with Crippen molar-refractivity contribution < 1.29 is 27.5 Å². The number of aromatic carboxylic acids is 1. The molecule has 1 fully saturated rings. The summed E-state index contributed by atoms with van der Waals surface area (Å²) in [6.07, 6.45) is -4.88. The van der Waals surface area contributed by atoms with Gasteiger partial charge < -0.3 is 15.7 Å². The van der Waals surface area contributed by atoms with Crippen LogP contribution < -0.4 is 21.9 Å². The fourth-order valence-electron chi connectivity index (χ4n) is 5.88. The molecule has 2 heterocycles. The van der Waals surface area contributed by atoms with Gasteiger partial charge in [-0.25, -0.2) is 14.0 Å². The van der Waals surface area contributed by atoms with Crippen LogP contribution in [-0.2, 0) is 25.8 Å². The number of hydrogen-bond donors (Lipinski definition) is 2. The number of rotatable bonds is 9. The predicted molar refractivity (Wildman–Crippen MR) is 164 cm³/mol. The van der Waals surface area contributed by atoms with Gasteiger partial charge in [0.1, 0.15) is 11.5 Å². The van der Waals surface area contributed by atoms with Crippen molar-refractivity contribution in [1.29, 1.82) is 0 Å². The molecule has 242 valence electrons. The summed E-state index contributed by atoms with van der Waals surface area (Å²) in [5.41, 5.74) is 4.57. The summed E-state index contributed by atoms with van der Waals surface area (Å²) < 4.78 is 58.5.